The van der Waals surface area contributed by atoms with Crippen molar-refractivity contribution in [3.8, 4) is 22.3 Å². The third kappa shape index (κ3) is 4.49. The second kappa shape index (κ2) is 9.37. The van der Waals surface area contributed by atoms with E-state index in [9.17, 15) is 0 Å². The Kier molecular flexibility index (Phi) is 6.22. The van der Waals surface area contributed by atoms with Gasteiger partial charge in [0.1, 0.15) is 0 Å². The predicted molar refractivity (Wildman–Crippen MR) is 169 cm³/mol. The second-order valence-electron chi connectivity index (χ2n) is 13.7. The summed E-state index contributed by atoms with van der Waals surface area (Å²) in [6, 6.07) is 30.2. The van der Waals surface area contributed by atoms with Gasteiger partial charge in [0.15, 0.2) is 0 Å². The van der Waals surface area contributed by atoms with Crippen LogP contribution < -0.4 is 0 Å². The van der Waals surface area contributed by atoms with Crippen molar-refractivity contribution in [2.45, 2.75) is 84.5 Å². The minimum atomic E-state index is 0.0795. The monoisotopic (exact) mass is 510 g/mol. The molecule has 0 heteroatoms. The first-order chi connectivity index (χ1) is 18.6. The first kappa shape index (κ1) is 25.9. The maximum Gasteiger partial charge on any atom is 0.0311 e. The van der Waals surface area contributed by atoms with Crippen molar-refractivity contribution in [1.29, 1.82) is 0 Å². The van der Waals surface area contributed by atoms with E-state index in [0.717, 1.165) is 19.3 Å². The van der Waals surface area contributed by atoms with Gasteiger partial charge in [-0.05, 0) is 84.9 Å². The van der Waals surface area contributed by atoms with Gasteiger partial charge in [0.2, 0.25) is 0 Å². The van der Waals surface area contributed by atoms with Crippen LogP contribution in [0.5, 0.6) is 0 Å². The van der Waals surface area contributed by atoms with Crippen LogP contribution in [0.1, 0.15) is 106 Å². The summed E-state index contributed by atoms with van der Waals surface area (Å²) in [5.74, 6) is 0.316. The minimum Gasteiger partial charge on any atom is -0.0651 e. The largest absolute Gasteiger partial charge is 0.0651 e. The maximum atomic E-state index is 2.56. The molecule has 2 aliphatic carbocycles. The molecule has 0 nitrogen and oxygen atoms in total. The summed E-state index contributed by atoms with van der Waals surface area (Å²) in [4.78, 5) is 0. The van der Waals surface area contributed by atoms with Crippen molar-refractivity contribution in [2.24, 2.45) is 0 Å². The number of rotatable bonds is 4. The molecule has 1 atom stereocenters. The van der Waals surface area contributed by atoms with E-state index in [1.165, 1.54) is 61.2 Å². The van der Waals surface area contributed by atoms with E-state index < -0.39 is 0 Å². The van der Waals surface area contributed by atoms with Crippen LogP contribution >= 0.6 is 0 Å². The van der Waals surface area contributed by atoms with Gasteiger partial charge in [-0.25, -0.2) is 0 Å². The molecule has 0 spiro atoms. The normalized spacial score (nSPS) is 16.1. The molecule has 6 rings (SSSR count). The average molecular weight is 511 g/mol. The van der Waals surface area contributed by atoms with Gasteiger partial charge >= 0.3 is 0 Å². The van der Waals surface area contributed by atoms with Crippen molar-refractivity contribution in [3.63, 3.8) is 0 Å². The Balaban J connectivity index is 1.59. The number of hydrogen-bond donors (Lipinski definition) is 0. The fourth-order valence-electron chi connectivity index (χ4n) is 6.67. The molecule has 4 aromatic carbocycles. The molecule has 0 saturated carbocycles. The maximum absolute atomic E-state index is 2.56. The molecule has 2 aliphatic rings. The van der Waals surface area contributed by atoms with Crippen molar-refractivity contribution < 1.29 is 0 Å². The van der Waals surface area contributed by atoms with Crippen LogP contribution in [-0.2, 0) is 17.3 Å². The summed E-state index contributed by atoms with van der Waals surface area (Å²) in [5, 5.41) is 0. The Morgan fingerprint density at radius 2 is 1.38 bits per heavy atom. The molecule has 0 amide bonds. The summed E-state index contributed by atoms with van der Waals surface area (Å²) in [6.07, 6.45) is 5.84. The average Bonchev–Trinajstić information content (AvgIpc) is 3.45. The smallest absolute Gasteiger partial charge is 0.0311 e. The Hall–Kier alpha value is -3.38. The molecule has 0 fully saturated rings. The number of allylic oxidation sites excluding steroid dienone is 1. The lowest BCUT2D eigenvalue weighted by molar-refractivity contribution is 0.588. The van der Waals surface area contributed by atoms with E-state index in [4.69, 9.17) is 0 Å². The predicted octanol–water partition coefficient (Wildman–Crippen LogP) is 10.8. The molecular formula is C39H42. The number of hydrogen-bond acceptors (Lipinski definition) is 0. The van der Waals surface area contributed by atoms with Crippen LogP contribution in [0.2, 0.25) is 0 Å². The zero-order chi connectivity index (χ0) is 27.5. The summed E-state index contributed by atoms with van der Waals surface area (Å²) in [6.45, 7) is 16.4. The van der Waals surface area contributed by atoms with Crippen molar-refractivity contribution in [2.75, 3.05) is 0 Å². The standard InChI is InChI=1S/C39H42/c1-8-13-27-21-33-30(25-14-10-9-11-15-25)16-12-17-31(33)37(27)36-24-29(39(5,6)7)23-35-32-22-28(38(2,3)4)19-18-26(32)20-34(35)36/h9-12,14-19,21-24,37H,8,13,20H2,1-7H3. The zero-order valence-electron chi connectivity index (χ0n) is 24.8. The van der Waals surface area contributed by atoms with Gasteiger partial charge in [0.25, 0.3) is 0 Å². The molecular weight excluding hydrogens is 468 g/mol. The van der Waals surface area contributed by atoms with Crippen LogP contribution in [0.4, 0.5) is 0 Å². The number of benzene rings is 4. The summed E-state index contributed by atoms with van der Waals surface area (Å²) >= 11 is 0. The molecule has 39 heavy (non-hydrogen) atoms. The quantitative estimate of drug-likeness (QED) is 0.225. The van der Waals surface area contributed by atoms with Gasteiger partial charge in [0, 0.05) is 5.92 Å². The van der Waals surface area contributed by atoms with E-state index in [1.54, 1.807) is 5.57 Å². The van der Waals surface area contributed by atoms with Crippen molar-refractivity contribution in [1.82, 2.24) is 0 Å². The first-order valence-corrected chi connectivity index (χ1v) is 14.8. The molecule has 4 aromatic rings. The summed E-state index contributed by atoms with van der Waals surface area (Å²) in [5.41, 5.74) is 17.6. The van der Waals surface area contributed by atoms with Crippen molar-refractivity contribution >= 4 is 6.08 Å². The van der Waals surface area contributed by atoms with E-state index in [1.807, 2.05) is 0 Å². The lowest BCUT2D eigenvalue weighted by atomic mass is 9.77. The molecule has 0 aromatic heterocycles. The lowest BCUT2D eigenvalue weighted by Gasteiger charge is -2.27. The number of fused-ring (bicyclic) bond motifs is 4. The highest BCUT2D eigenvalue weighted by atomic mass is 14.4. The molecule has 0 bridgehead atoms. The Morgan fingerprint density at radius 3 is 2.08 bits per heavy atom. The lowest BCUT2D eigenvalue weighted by Crippen LogP contribution is -2.14. The summed E-state index contributed by atoms with van der Waals surface area (Å²) < 4.78 is 0. The van der Waals surface area contributed by atoms with Gasteiger partial charge in [0.05, 0.1) is 0 Å². The van der Waals surface area contributed by atoms with E-state index >= 15 is 0 Å². The zero-order valence-corrected chi connectivity index (χ0v) is 24.8. The molecule has 0 radical (unpaired) electrons. The van der Waals surface area contributed by atoms with E-state index in [-0.39, 0.29) is 10.8 Å². The Bertz CT molecular complexity index is 1580. The second-order valence-corrected chi connectivity index (χ2v) is 13.7. The van der Waals surface area contributed by atoms with Gasteiger partial charge < -0.3 is 0 Å². The van der Waals surface area contributed by atoms with Crippen LogP contribution in [-0.4, -0.2) is 0 Å². The summed E-state index contributed by atoms with van der Waals surface area (Å²) in [7, 11) is 0. The molecule has 0 aliphatic heterocycles. The highest BCUT2D eigenvalue weighted by molar-refractivity contribution is 5.85. The molecule has 198 valence electrons. The molecule has 0 saturated heterocycles. The van der Waals surface area contributed by atoms with Crippen LogP contribution in [0.15, 0.2) is 84.4 Å². The first-order valence-electron chi connectivity index (χ1n) is 14.8. The fourth-order valence-corrected chi connectivity index (χ4v) is 6.67. The van der Waals surface area contributed by atoms with Crippen LogP contribution in [0.3, 0.4) is 0 Å². The van der Waals surface area contributed by atoms with Crippen molar-refractivity contribution in [3.05, 3.63) is 123 Å². The Morgan fingerprint density at radius 1 is 0.667 bits per heavy atom. The van der Waals surface area contributed by atoms with Crippen LogP contribution in [0, 0.1) is 0 Å². The topological polar surface area (TPSA) is 0 Å². The third-order valence-electron chi connectivity index (χ3n) is 8.87. The Labute approximate surface area is 235 Å². The van der Waals surface area contributed by atoms with Crippen LogP contribution in [0.25, 0.3) is 28.3 Å². The molecule has 0 N–H and O–H groups in total. The molecule has 1 unspecified atom stereocenters. The SMILES string of the molecule is CCCC1=Cc2c(-c3ccccc3)cccc2C1c1cc(C(C)(C)C)cc2c1Cc1ccc(C(C)(C)C)cc1-2. The minimum absolute atomic E-state index is 0.0795. The third-order valence-corrected chi connectivity index (χ3v) is 8.87. The molecule has 0 heterocycles. The van der Waals surface area contributed by atoms with Gasteiger partial charge in [-0.1, -0.05) is 145 Å². The fraction of sp³-hybridized carbons (Fsp3) is 0.333. The van der Waals surface area contributed by atoms with Gasteiger partial charge in [-0.15, -0.1) is 0 Å². The van der Waals surface area contributed by atoms with E-state index in [0.29, 0.717) is 5.92 Å². The van der Waals surface area contributed by atoms with Gasteiger partial charge in [-0.2, -0.15) is 0 Å². The van der Waals surface area contributed by atoms with E-state index in [2.05, 4.69) is 133 Å². The highest BCUT2D eigenvalue weighted by Gasteiger charge is 2.34. The van der Waals surface area contributed by atoms with Gasteiger partial charge in [-0.3, -0.25) is 0 Å². The highest BCUT2D eigenvalue weighted by Crippen LogP contribution is 2.51.